The van der Waals surface area contributed by atoms with Crippen LogP contribution in [0.1, 0.15) is 41.8 Å². The Morgan fingerprint density at radius 2 is 1.71 bits per heavy atom. The van der Waals surface area contributed by atoms with Crippen LogP contribution in [0.25, 0.3) is 11.0 Å². The van der Waals surface area contributed by atoms with Gasteiger partial charge in [0.05, 0.1) is 11.0 Å². The third-order valence-corrected chi connectivity index (χ3v) is 6.42. The first-order valence-electron chi connectivity index (χ1n) is 11.0. The quantitative estimate of drug-likeness (QED) is 0.438. The molecule has 2 heterocycles. The smallest absolute Gasteiger partial charge is 0.227 e. The van der Waals surface area contributed by atoms with E-state index in [-0.39, 0.29) is 11.8 Å². The van der Waals surface area contributed by atoms with Gasteiger partial charge >= 0.3 is 0 Å². The summed E-state index contributed by atoms with van der Waals surface area (Å²) in [7, 11) is 0. The lowest BCUT2D eigenvalue weighted by atomic mass is 10.1. The van der Waals surface area contributed by atoms with Crippen molar-refractivity contribution in [2.75, 3.05) is 11.4 Å². The molecule has 1 fully saturated rings. The molecule has 5 rings (SSSR count). The molecule has 1 aromatic heterocycles. The summed E-state index contributed by atoms with van der Waals surface area (Å²) in [5.74, 6) is 1.25. The van der Waals surface area contributed by atoms with Gasteiger partial charge in [0.15, 0.2) is 0 Å². The fourth-order valence-corrected chi connectivity index (χ4v) is 4.57. The monoisotopic (exact) mass is 409 g/mol. The van der Waals surface area contributed by atoms with E-state index in [0.717, 1.165) is 35.5 Å². The largest absolute Gasteiger partial charge is 0.323 e. The molecule has 0 radical (unpaired) electrons. The molecule has 0 saturated carbocycles. The zero-order valence-corrected chi connectivity index (χ0v) is 18.1. The number of hydrogen-bond acceptors (Lipinski definition) is 2. The van der Waals surface area contributed by atoms with Crippen molar-refractivity contribution in [3.8, 4) is 0 Å². The molecule has 0 bridgehead atoms. The maximum Gasteiger partial charge on any atom is 0.227 e. The molecule has 31 heavy (non-hydrogen) atoms. The predicted molar refractivity (Wildman–Crippen MR) is 126 cm³/mol. The predicted octanol–water partition coefficient (Wildman–Crippen LogP) is 5.48. The van der Waals surface area contributed by atoms with E-state index in [2.05, 4.69) is 85.1 Å². The topological polar surface area (TPSA) is 38.1 Å². The van der Waals surface area contributed by atoms with Crippen molar-refractivity contribution in [1.29, 1.82) is 0 Å². The SMILES string of the molecule is CCc1ccc(N2C[C@H](c3nc4ccccc4n3Cc3ccccc3C)CC2=O)cc1. The molecular weight excluding hydrogens is 382 g/mol. The molecule has 4 nitrogen and oxygen atoms in total. The van der Waals surface area contributed by atoms with E-state index in [9.17, 15) is 4.79 Å². The summed E-state index contributed by atoms with van der Waals surface area (Å²) >= 11 is 0. The van der Waals surface area contributed by atoms with E-state index < -0.39 is 0 Å². The van der Waals surface area contributed by atoms with E-state index in [1.54, 1.807) is 0 Å². The number of rotatable bonds is 5. The zero-order valence-electron chi connectivity index (χ0n) is 18.1. The van der Waals surface area contributed by atoms with E-state index in [1.165, 1.54) is 16.7 Å². The molecular formula is C27H27N3O. The number of carbonyl (C=O) groups excluding carboxylic acids is 1. The third kappa shape index (κ3) is 3.63. The summed E-state index contributed by atoms with van der Waals surface area (Å²) in [5, 5.41) is 0. The summed E-state index contributed by atoms with van der Waals surface area (Å²) < 4.78 is 2.30. The first-order chi connectivity index (χ1) is 15.1. The van der Waals surface area contributed by atoms with Gasteiger partial charge in [0.1, 0.15) is 5.82 Å². The first-order valence-corrected chi connectivity index (χ1v) is 11.0. The number of aromatic nitrogens is 2. The summed E-state index contributed by atoms with van der Waals surface area (Å²) in [5.41, 5.74) is 6.93. The van der Waals surface area contributed by atoms with Gasteiger partial charge in [0.25, 0.3) is 0 Å². The van der Waals surface area contributed by atoms with E-state index in [0.29, 0.717) is 13.0 Å². The maximum absolute atomic E-state index is 12.9. The number of amides is 1. The van der Waals surface area contributed by atoms with E-state index >= 15 is 0 Å². The highest BCUT2D eigenvalue weighted by atomic mass is 16.2. The second-order valence-electron chi connectivity index (χ2n) is 8.40. The number of hydrogen-bond donors (Lipinski definition) is 0. The highest BCUT2D eigenvalue weighted by Crippen LogP contribution is 2.34. The van der Waals surface area contributed by atoms with Gasteiger partial charge in [-0.25, -0.2) is 4.98 Å². The number of anilines is 1. The number of fused-ring (bicyclic) bond motifs is 1. The zero-order chi connectivity index (χ0) is 21.4. The van der Waals surface area contributed by atoms with Crippen LogP contribution in [-0.4, -0.2) is 22.0 Å². The number of aryl methyl sites for hydroxylation is 2. The Labute approximate surface area is 183 Å². The Morgan fingerprint density at radius 1 is 0.968 bits per heavy atom. The van der Waals surface area contributed by atoms with Crippen molar-refractivity contribution in [2.24, 2.45) is 0 Å². The van der Waals surface area contributed by atoms with Crippen LogP contribution in [0.15, 0.2) is 72.8 Å². The minimum Gasteiger partial charge on any atom is -0.323 e. The normalized spacial score (nSPS) is 16.4. The van der Waals surface area contributed by atoms with Crippen LogP contribution >= 0.6 is 0 Å². The number of benzene rings is 3. The van der Waals surface area contributed by atoms with Crippen molar-refractivity contribution in [2.45, 2.75) is 39.2 Å². The number of nitrogens with zero attached hydrogens (tertiary/aromatic N) is 3. The Kier molecular flexibility index (Phi) is 5.06. The van der Waals surface area contributed by atoms with Gasteiger partial charge in [-0.05, 0) is 54.3 Å². The van der Waals surface area contributed by atoms with Crippen molar-refractivity contribution >= 4 is 22.6 Å². The van der Waals surface area contributed by atoms with Crippen molar-refractivity contribution in [3.63, 3.8) is 0 Å². The molecule has 4 heteroatoms. The van der Waals surface area contributed by atoms with Gasteiger partial charge < -0.3 is 9.47 Å². The first kappa shape index (κ1) is 19.6. The molecule has 1 amide bonds. The third-order valence-electron chi connectivity index (χ3n) is 6.42. The van der Waals surface area contributed by atoms with Gasteiger partial charge in [-0.1, -0.05) is 55.5 Å². The van der Waals surface area contributed by atoms with Gasteiger partial charge in [-0.2, -0.15) is 0 Å². The molecule has 1 aliphatic rings. The van der Waals surface area contributed by atoms with Crippen molar-refractivity contribution in [1.82, 2.24) is 9.55 Å². The average molecular weight is 410 g/mol. The van der Waals surface area contributed by atoms with Crippen LogP contribution < -0.4 is 4.90 Å². The standard InChI is InChI=1S/C27H27N3O/c1-3-20-12-14-23(15-13-20)29-18-22(16-26(29)31)27-28-24-10-6-7-11-25(24)30(27)17-21-9-5-4-8-19(21)2/h4-15,22H,3,16-18H2,1-2H3/t22-/m1/s1. The van der Waals surface area contributed by atoms with Crippen molar-refractivity contribution < 1.29 is 4.79 Å². The van der Waals surface area contributed by atoms with Crippen LogP contribution in [0.4, 0.5) is 5.69 Å². The fourth-order valence-electron chi connectivity index (χ4n) is 4.57. The number of imidazole rings is 1. The van der Waals surface area contributed by atoms with E-state index in [1.807, 2.05) is 11.0 Å². The fraction of sp³-hybridized carbons (Fsp3) is 0.259. The second kappa shape index (κ2) is 8.03. The molecule has 3 aromatic carbocycles. The molecule has 0 N–H and O–H groups in total. The van der Waals surface area contributed by atoms with Crippen LogP contribution in [0.2, 0.25) is 0 Å². The minimum absolute atomic E-state index is 0.0785. The Hall–Kier alpha value is -3.40. The average Bonchev–Trinajstić information content (AvgIpc) is 3.36. The highest BCUT2D eigenvalue weighted by Gasteiger charge is 2.34. The summed E-state index contributed by atoms with van der Waals surface area (Å²) in [6, 6.07) is 25.1. The lowest BCUT2D eigenvalue weighted by molar-refractivity contribution is -0.117. The summed E-state index contributed by atoms with van der Waals surface area (Å²) in [4.78, 5) is 19.9. The maximum atomic E-state index is 12.9. The van der Waals surface area contributed by atoms with Crippen LogP contribution in [0, 0.1) is 6.92 Å². The molecule has 0 unspecified atom stereocenters. The Balaban J connectivity index is 1.51. The minimum atomic E-state index is 0.0785. The lowest BCUT2D eigenvalue weighted by Crippen LogP contribution is -2.24. The van der Waals surface area contributed by atoms with Gasteiger partial charge in [0, 0.05) is 31.1 Å². The molecule has 1 saturated heterocycles. The van der Waals surface area contributed by atoms with E-state index in [4.69, 9.17) is 4.98 Å². The Morgan fingerprint density at radius 3 is 2.48 bits per heavy atom. The van der Waals surface area contributed by atoms with Gasteiger partial charge in [-0.15, -0.1) is 0 Å². The van der Waals surface area contributed by atoms with Crippen LogP contribution in [-0.2, 0) is 17.8 Å². The molecule has 1 aliphatic heterocycles. The van der Waals surface area contributed by atoms with Crippen LogP contribution in [0.3, 0.4) is 0 Å². The molecule has 4 aromatic rings. The molecule has 0 spiro atoms. The van der Waals surface area contributed by atoms with Crippen LogP contribution in [0.5, 0.6) is 0 Å². The van der Waals surface area contributed by atoms with Gasteiger partial charge in [-0.3, -0.25) is 4.79 Å². The van der Waals surface area contributed by atoms with Gasteiger partial charge in [0.2, 0.25) is 5.91 Å². The summed E-state index contributed by atoms with van der Waals surface area (Å²) in [6.45, 7) is 5.72. The lowest BCUT2D eigenvalue weighted by Gasteiger charge is -2.18. The number of carbonyl (C=O) groups is 1. The number of para-hydroxylation sites is 2. The molecule has 156 valence electrons. The summed E-state index contributed by atoms with van der Waals surface area (Å²) in [6.07, 6.45) is 1.49. The Bertz CT molecular complexity index is 1240. The molecule has 1 atom stereocenters. The van der Waals surface area contributed by atoms with Crippen molar-refractivity contribution in [3.05, 3.63) is 95.3 Å². The highest BCUT2D eigenvalue weighted by molar-refractivity contribution is 5.96. The second-order valence-corrected chi connectivity index (χ2v) is 8.40. The molecule has 0 aliphatic carbocycles.